The van der Waals surface area contributed by atoms with Crippen LogP contribution in [0.4, 0.5) is 0 Å². The van der Waals surface area contributed by atoms with Gasteiger partial charge in [-0.1, -0.05) is 25.5 Å². The van der Waals surface area contributed by atoms with E-state index in [1.54, 1.807) is 7.11 Å². The Bertz CT molecular complexity index is 606. The number of nitrogens with zero attached hydrogens (tertiary/aromatic N) is 2. The van der Waals surface area contributed by atoms with Crippen molar-refractivity contribution in [3.05, 3.63) is 29.3 Å². The fraction of sp³-hybridized carbons (Fsp3) is 0.682. The van der Waals surface area contributed by atoms with Crippen molar-refractivity contribution in [2.24, 2.45) is 4.99 Å². The van der Waals surface area contributed by atoms with E-state index in [1.165, 1.54) is 31.4 Å². The lowest BCUT2D eigenvalue weighted by atomic mass is 10.0. The molecule has 1 aliphatic heterocycles. The Kier molecular flexibility index (Phi) is 10.1. The molecule has 1 aliphatic rings. The molecule has 0 saturated carbocycles. The number of likely N-dealkylation sites (tertiary alicyclic amines) is 1. The zero-order valence-corrected chi connectivity index (χ0v) is 18.1. The van der Waals surface area contributed by atoms with Crippen LogP contribution in [-0.2, 0) is 11.3 Å². The Morgan fingerprint density at radius 1 is 1.21 bits per heavy atom. The summed E-state index contributed by atoms with van der Waals surface area (Å²) in [6, 6.07) is 6.87. The van der Waals surface area contributed by atoms with Crippen LogP contribution in [0.5, 0.6) is 5.75 Å². The smallest absolute Gasteiger partial charge is 0.191 e. The van der Waals surface area contributed by atoms with Crippen LogP contribution in [0.2, 0.25) is 0 Å². The van der Waals surface area contributed by atoms with Gasteiger partial charge in [0.1, 0.15) is 12.4 Å². The Labute approximate surface area is 170 Å². The van der Waals surface area contributed by atoms with Gasteiger partial charge in [-0.05, 0) is 51.4 Å². The van der Waals surface area contributed by atoms with Crippen LogP contribution in [0.1, 0.15) is 44.2 Å². The second kappa shape index (κ2) is 12.6. The summed E-state index contributed by atoms with van der Waals surface area (Å²) in [5, 5.41) is 6.91. The first-order valence-corrected chi connectivity index (χ1v) is 10.6. The van der Waals surface area contributed by atoms with Crippen molar-refractivity contribution in [2.45, 2.75) is 52.6 Å². The van der Waals surface area contributed by atoms with Crippen molar-refractivity contribution >= 4 is 5.96 Å². The second-order valence-electron chi connectivity index (χ2n) is 7.31. The molecule has 0 bridgehead atoms. The molecule has 1 unspecified atom stereocenters. The second-order valence-corrected chi connectivity index (χ2v) is 7.31. The first-order valence-electron chi connectivity index (χ1n) is 10.6. The maximum absolute atomic E-state index is 5.89. The predicted octanol–water partition coefficient (Wildman–Crippen LogP) is 2.95. The number of aryl methyl sites for hydroxylation is 1. The molecule has 1 saturated heterocycles. The van der Waals surface area contributed by atoms with E-state index < -0.39 is 0 Å². The number of nitrogens with one attached hydrogen (secondary N) is 2. The first kappa shape index (κ1) is 22.5. The highest BCUT2D eigenvalue weighted by Crippen LogP contribution is 2.21. The van der Waals surface area contributed by atoms with Gasteiger partial charge in [0.05, 0.1) is 13.2 Å². The number of ether oxygens (including phenoxy) is 2. The van der Waals surface area contributed by atoms with Gasteiger partial charge in [0.25, 0.3) is 0 Å². The van der Waals surface area contributed by atoms with Gasteiger partial charge in [-0.2, -0.15) is 0 Å². The number of methoxy groups -OCH3 is 1. The van der Waals surface area contributed by atoms with Crippen LogP contribution in [0.25, 0.3) is 0 Å². The quantitative estimate of drug-likeness (QED) is 0.365. The number of benzene rings is 1. The number of guanidine groups is 1. The monoisotopic (exact) mass is 390 g/mol. The summed E-state index contributed by atoms with van der Waals surface area (Å²) in [6.07, 6.45) is 3.90. The maximum atomic E-state index is 5.89. The van der Waals surface area contributed by atoms with Crippen molar-refractivity contribution in [1.82, 2.24) is 15.5 Å². The fourth-order valence-electron chi connectivity index (χ4n) is 3.59. The Morgan fingerprint density at radius 2 is 2.07 bits per heavy atom. The van der Waals surface area contributed by atoms with Gasteiger partial charge in [0.2, 0.25) is 0 Å². The molecule has 6 nitrogen and oxygen atoms in total. The van der Waals surface area contributed by atoms with Crippen molar-refractivity contribution < 1.29 is 9.47 Å². The summed E-state index contributed by atoms with van der Waals surface area (Å²) in [7, 11) is 1.69. The molecule has 1 aromatic carbocycles. The minimum atomic E-state index is 0.545. The lowest BCUT2D eigenvalue weighted by Gasteiger charge is -2.35. The van der Waals surface area contributed by atoms with E-state index in [0.717, 1.165) is 36.9 Å². The molecule has 1 fully saturated rings. The number of rotatable bonds is 10. The summed E-state index contributed by atoms with van der Waals surface area (Å²) < 4.78 is 11.0. The Balaban J connectivity index is 1.99. The molecule has 0 radical (unpaired) electrons. The molecular weight excluding hydrogens is 352 g/mol. The van der Waals surface area contributed by atoms with Gasteiger partial charge in [0, 0.05) is 31.8 Å². The zero-order chi connectivity index (χ0) is 20.2. The van der Waals surface area contributed by atoms with Crippen molar-refractivity contribution in [3.63, 3.8) is 0 Å². The summed E-state index contributed by atoms with van der Waals surface area (Å²) in [6.45, 7) is 12.2. The summed E-state index contributed by atoms with van der Waals surface area (Å²) in [4.78, 5) is 7.37. The number of likely N-dealkylation sites (N-methyl/N-ethyl adjacent to an activating group) is 1. The summed E-state index contributed by atoms with van der Waals surface area (Å²) >= 11 is 0. The first-order chi connectivity index (χ1) is 13.7. The molecule has 0 aromatic heterocycles. The molecular formula is C22H38N4O2. The third-order valence-corrected chi connectivity index (χ3v) is 5.18. The average molecular weight is 391 g/mol. The van der Waals surface area contributed by atoms with E-state index in [4.69, 9.17) is 14.5 Å². The SMILES string of the molecule is CCNC(=NCc1ccc(C)cc1OCCOC)NCC1CCCCN1CC. The molecule has 2 rings (SSSR count). The molecule has 1 heterocycles. The van der Waals surface area contributed by atoms with E-state index in [-0.39, 0.29) is 0 Å². The number of hydrogen-bond acceptors (Lipinski definition) is 4. The van der Waals surface area contributed by atoms with E-state index in [1.807, 2.05) is 0 Å². The van der Waals surface area contributed by atoms with Crippen molar-refractivity contribution in [1.29, 1.82) is 0 Å². The van der Waals surface area contributed by atoms with Crippen molar-refractivity contribution in [2.75, 3.05) is 46.5 Å². The number of hydrogen-bond donors (Lipinski definition) is 2. The minimum absolute atomic E-state index is 0.545. The highest BCUT2D eigenvalue weighted by atomic mass is 16.5. The van der Waals surface area contributed by atoms with E-state index in [2.05, 4.69) is 54.5 Å². The maximum Gasteiger partial charge on any atom is 0.191 e. The third-order valence-electron chi connectivity index (χ3n) is 5.18. The van der Waals surface area contributed by atoms with Gasteiger partial charge in [-0.3, -0.25) is 4.90 Å². The Morgan fingerprint density at radius 3 is 2.82 bits per heavy atom. The van der Waals surface area contributed by atoms with E-state index >= 15 is 0 Å². The molecule has 1 atom stereocenters. The van der Waals surface area contributed by atoms with E-state index in [0.29, 0.717) is 25.8 Å². The number of aliphatic imine (C=N–C) groups is 1. The largest absolute Gasteiger partial charge is 0.491 e. The lowest BCUT2D eigenvalue weighted by molar-refractivity contribution is 0.145. The minimum Gasteiger partial charge on any atom is -0.491 e. The zero-order valence-electron chi connectivity index (χ0n) is 18.1. The molecule has 28 heavy (non-hydrogen) atoms. The highest BCUT2D eigenvalue weighted by molar-refractivity contribution is 5.79. The highest BCUT2D eigenvalue weighted by Gasteiger charge is 2.20. The predicted molar refractivity (Wildman–Crippen MR) is 116 cm³/mol. The standard InChI is InChI=1S/C22H38N4O2/c1-5-23-22(25-17-20-9-7-8-12-26(20)6-2)24-16-19-11-10-18(3)15-21(19)28-14-13-27-4/h10-11,15,20H,5-9,12-14,16-17H2,1-4H3,(H2,23,24,25). The molecule has 1 aromatic rings. The molecule has 2 N–H and O–H groups in total. The van der Waals surface area contributed by atoms with E-state index in [9.17, 15) is 0 Å². The van der Waals surface area contributed by atoms with Crippen LogP contribution in [-0.4, -0.2) is 63.4 Å². The molecule has 6 heteroatoms. The molecule has 158 valence electrons. The topological polar surface area (TPSA) is 58.1 Å². The van der Waals surface area contributed by atoms with Crippen LogP contribution < -0.4 is 15.4 Å². The fourth-order valence-corrected chi connectivity index (χ4v) is 3.59. The summed E-state index contributed by atoms with van der Waals surface area (Å²) in [5.74, 6) is 1.76. The molecule has 0 aliphatic carbocycles. The summed E-state index contributed by atoms with van der Waals surface area (Å²) in [5.41, 5.74) is 2.27. The number of piperidine rings is 1. The van der Waals surface area contributed by atoms with Crippen LogP contribution in [0.15, 0.2) is 23.2 Å². The van der Waals surface area contributed by atoms with Gasteiger partial charge >= 0.3 is 0 Å². The third kappa shape index (κ3) is 7.32. The normalized spacial score (nSPS) is 18.1. The van der Waals surface area contributed by atoms with Gasteiger partial charge in [0.15, 0.2) is 5.96 Å². The van der Waals surface area contributed by atoms with Gasteiger partial charge < -0.3 is 20.1 Å². The Hall–Kier alpha value is -1.79. The molecule has 0 amide bonds. The van der Waals surface area contributed by atoms with Crippen LogP contribution >= 0.6 is 0 Å². The van der Waals surface area contributed by atoms with Crippen molar-refractivity contribution in [3.8, 4) is 5.75 Å². The van der Waals surface area contributed by atoms with Crippen LogP contribution in [0.3, 0.4) is 0 Å². The van der Waals surface area contributed by atoms with Gasteiger partial charge in [-0.25, -0.2) is 4.99 Å². The van der Waals surface area contributed by atoms with Crippen LogP contribution in [0, 0.1) is 6.92 Å². The average Bonchev–Trinajstić information content (AvgIpc) is 2.71. The molecule has 0 spiro atoms. The van der Waals surface area contributed by atoms with Gasteiger partial charge in [-0.15, -0.1) is 0 Å². The lowest BCUT2D eigenvalue weighted by Crippen LogP contribution is -2.49.